The minimum absolute atomic E-state index is 0.757. The van der Waals surface area contributed by atoms with Crippen molar-refractivity contribution in [2.75, 3.05) is 12.3 Å². The molecule has 1 rings (SSSR count). The van der Waals surface area contributed by atoms with Gasteiger partial charge in [0, 0.05) is 12.3 Å². The van der Waals surface area contributed by atoms with Gasteiger partial charge >= 0.3 is 6.00 Å². The number of rotatable bonds is 1. The summed E-state index contributed by atoms with van der Waals surface area (Å²) in [5, 5.41) is 0. The monoisotopic (exact) mass is 219 g/mol. The maximum atomic E-state index is 5.66. The molecule has 0 aliphatic carbocycles. The van der Waals surface area contributed by atoms with Crippen LogP contribution in [0.5, 0.6) is 0 Å². The van der Waals surface area contributed by atoms with E-state index in [0.29, 0.717) is 0 Å². The van der Waals surface area contributed by atoms with Crippen LogP contribution in [-0.4, -0.2) is 23.0 Å². The predicted molar refractivity (Wildman–Crippen MR) is 48.1 cm³/mol. The molecule has 1 aliphatic rings. The van der Waals surface area contributed by atoms with Crippen molar-refractivity contribution in [3.05, 3.63) is 0 Å². The van der Waals surface area contributed by atoms with Gasteiger partial charge in [-0.15, -0.1) is 45.0 Å². The maximum Gasteiger partial charge on any atom is 0.397 e. The summed E-state index contributed by atoms with van der Waals surface area (Å²) in [6.07, 6.45) is 0. The first-order valence-corrected chi connectivity index (χ1v) is 8.37. The summed E-state index contributed by atoms with van der Waals surface area (Å²) >= 11 is 18.5. The summed E-state index contributed by atoms with van der Waals surface area (Å²) in [6.45, 7) is 0.806. The second-order valence-corrected chi connectivity index (χ2v) is 11.3. The van der Waals surface area contributed by atoms with Crippen LogP contribution < -0.4 is 0 Å². The van der Waals surface area contributed by atoms with Crippen LogP contribution in [0.4, 0.5) is 0 Å². The number of thioether (sulfide) groups is 1. The minimum atomic E-state index is -2.59. The Labute approximate surface area is 72.9 Å². The van der Waals surface area contributed by atoms with E-state index in [-0.39, 0.29) is 0 Å². The molecule has 6 heteroatoms. The Morgan fingerprint density at radius 1 is 1.44 bits per heavy atom. The topological polar surface area (TPSA) is 12.4 Å². The fraction of sp³-hybridized carbons (Fsp3) is 0.667. The van der Waals surface area contributed by atoms with Crippen LogP contribution in [0.3, 0.4) is 0 Å². The van der Waals surface area contributed by atoms with Crippen molar-refractivity contribution in [2.24, 2.45) is 4.99 Å². The van der Waals surface area contributed by atoms with Crippen LogP contribution in [0.2, 0.25) is 0 Å². The summed E-state index contributed by atoms with van der Waals surface area (Å²) < 4.78 is 0.757. The molecule has 0 fully saturated rings. The molecule has 0 aromatic rings. The number of nitrogens with zero attached hydrogens (tertiary/aromatic N) is 1. The van der Waals surface area contributed by atoms with Gasteiger partial charge < -0.3 is 0 Å². The zero-order valence-electron chi connectivity index (χ0n) is 4.40. The molecular weight excluding hydrogens is 217 g/mol. The van der Waals surface area contributed by atoms with Crippen LogP contribution in [0, 0.1) is 0 Å². The largest absolute Gasteiger partial charge is 0.397 e. The molecule has 52 valence electrons. The third kappa shape index (κ3) is 2.31. The molecule has 1 aliphatic heterocycles. The van der Waals surface area contributed by atoms with Crippen molar-refractivity contribution in [3.63, 3.8) is 0 Å². The Morgan fingerprint density at radius 2 is 2.11 bits per heavy atom. The number of hydrogen-bond donors (Lipinski definition) is 0. The van der Waals surface area contributed by atoms with Gasteiger partial charge in [-0.2, -0.15) is 0 Å². The highest BCUT2D eigenvalue weighted by molar-refractivity contribution is 8.22. The smallest absolute Gasteiger partial charge is 0.283 e. The quantitative estimate of drug-likeness (QED) is 0.488. The molecule has 0 N–H and O–H groups in total. The molecule has 0 spiro atoms. The lowest BCUT2D eigenvalue weighted by Gasteiger charge is -2.03. The first-order chi connectivity index (χ1) is 4.11. The van der Waals surface area contributed by atoms with Crippen molar-refractivity contribution in [1.29, 1.82) is 0 Å². The van der Waals surface area contributed by atoms with Gasteiger partial charge in [0.15, 0.2) is 0 Å². The van der Waals surface area contributed by atoms with Crippen molar-refractivity contribution in [3.8, 4) is 0 Å². The van der Waals surface area contributed by atoms with Gasteiger partial charge in [0.1, 0.15) is 4.67 Å². The van der Waals surface area contributed by atoms with E-state index in [0.717, 1.165) is 17.0 Å². The van der Waals surface area contributed by atoms with Crippen molar-refractivity contribution in [1.82, 2.24) is 0 Å². The minimum Gasteiger partial charge on any atom is -0.283 e. The standard InChI is InChI=1S/C3H4Cl3NSSi/c4-9(5,6)3-7-1-2-8-3/h1-2H2. The van der Waals surface area contributed by atoms with E-state index in [1.54, 1.807) is 11.8 Å². The number of hydrogen-bond acceptors (Lipinski definition) is 2. The van der Waals surface area contributed by atoms with Crippen LogP contribution in [0.1, 0.15) is 0 Å². The lowest BCUT2D eigenvalue weighted by atomic mass is 10.8. The van der Waals surface area contributed by atoms with Gasteiger partial charge in [-0.05, 0) is 0 Å². The van der Waals surface area contributed by atoms with Gasteiger partial charge in [0.25, 0.3) is 0 Å². The maximum absolute atomic E-state index is 5.66. The number of aliphatic imine (C=N–C) groups is 1. The van der Waals surface area contributed by atoms with E-state index in [2.05, 4.69) is 4.99 Å². The molecule has 0 aromatic heterocycles. The second-order valence-electron chi connectivity index (χ2n) is 1.53. The normalized spacial score (nSPS) is 20.1. The Balaban J connectivity index is 2.61. The number of halogens is 3. The van der Waals surface area contributed by atoms with Crippen LogP contribution in [-0.2, 0) is 0 Å². The van der Waals surface area contributed by atoms with Crippen LogP contribution in [0.15, 0.2) is 4.99 Å². The van der Waals surface area contributed by atoms with E-state index in [1.807, 2.05) is 0 Å². The van der Waals surface area contributed by atoms with Crippen molar-refractivity contribution in [2.45, 2.75) is 0 Å². The van der Waals surface area contributed by atoms with E-state index >= 15 is 0 Å². The third-order valence-corrected chi connectivity index (χ3v) is 6.23. The molecule has 1 heterocycles. The average molecular weight is 221 g/mol. The van der Waals surface area contributed by atoms with E-state index in [9.17, 15) is 0 Å². The molecule has 0 unspecified atom stereocenters. The lowest BCUT2D eigenvalue weighted by Crippen LogP contribution is -2.20. The van der Waals surface area contributed by atoms with E-state index in [1.165, 1.54) is 0 Å². The summed E-state index contributed by atoms with van der Waals surface area (Å²) in [5.41, 5.74) is 0. The van der Waals surface area contributed by atoms with Gasteiger partial charge in [0.05, 0.1) is 0 Å². The van der Waals surface area contributed by atoms with E-state index in [4.69, 9.17) is 33.2 Å². The van der Waals surface area contributed by atoms with Crippen LogP contribution >= 0.6 is 45.0 Å². The Bertz CT molecular complexity index is 142. The van der Waals surface area contributed by atoms with Crippen molar-refractivity contribution < 1.29 is 0 Å². The average Bonchev–Trinajstić information content (AvgIpc) is 2.08. The predicted octanol–water partition coefficient (Wildman–Crippen LogP) is 2.33. The molecule has 0 atom stereocenters. The highest BCUT2D eigenvalue weighted by Crippen LogP contribution is 2.30. The summed E-state index contributed by atoms with van der Waals surface area (Å²) in [7, 11) is 0. The first-order valence-electron chi connectivity index (χ1n) is 2.35. The van der Waals surface area contributed by atoms with Crippen molar-refractivity contribution >= 4 is 55.7 Å². The molecule has 1 nitrogen and oxygen atoms in total. The molecular formula is C3H4Cl3NSSi. The Morgan fingerprint density at radius 3 is 2.33 bits per heavy atom. The molecule has 0 bridgehead atoms. The van der Waals surface area contributed by atoms with Crippen LogP contribution in [0.25, 0.3) is 0 Å². The van der Waals surface area contributed by atoms with Gasteiger partial charge in [-0.25, -0.2) is 0 Å². The lowest BCUT2D eigenvalue weighted by molar-refractivity contribution is 1.18. The van der Waals surface area contributed by atoms with Gasteiger partial charge in [-0.3, -0.25) is 4.99 Å². The first kappa shape index (κ1) is 8.21. The fourth-order valence-electron chi connectivity index (χ4n) is 0.507. The molecule has 0 aromatic carbocycles. The highest BCUT2D eigenvalue weighted by atomic mass is 35.8. The summed E-state index contributed by atoms with van der Waals surface area (Å²) in [6, 6.07) is -2.59. The van der Waals surface area contributed by atoms with E-state index < -0.39 is 6.00 Å². The second kappa shape index (κ2) is 3.01. The summed E-state index contributed by atoms with van der Waals surface area (Å²) in [4.78, 5) is 4.05. The Kier molecular flexibility index (Phi) is 2.74. The molecule has 0 radical (unpaired) electrons. The molecule has 9 heavy (non-hydrogen) atoms. The SMILES string of the molecule is Cl[Si](Cl)(Cl)C1=NCCS1. The molecule has 0 amide bonds. The highest BCUT2D eigenvalue weighted by Gasteiger charge is 2.34. The third-order valence-electron chi connectivity index (χ3n) is 0.828. The Hall–Kier alpha value is 1.11. The summed E-state index contributed by atoms with van der Waals surface area (Å²) in [5.74, 6) is 0.968. The zero-order valence-corrected chi connectivity index (χ0v) is 8.49. The van der Waals surface area contributed by atoms with Gasteiger partial charge in [0.2, 0.25) is 0 Å². The fourth-order valence-corrected chi connectivity index (χ4v) is 4.33. The van der Waals surface area contributed by atoms with Gasteiger partial charge in [-0.1, -0.05) is 0 Å². The molecule has 0 saturated heterocycles. The zero-order chi connectivity index (χ0) is 6.91. The molecule has 0 saturated carbocycles.